The zero-order valence-electron chi connectivity index (χ0n) is 12.8. The second-order valence-corrected chi connectivity index (χ2v) is 5.82. The maximum Gasteiger partial charge on any atom is 0.417 e. The first-order valence-electron chi connectivity index (χ1n) is 7.34. The van der Waals surface area contributed by atoms with Crippen LogP contribution in [-0.2, 0) is 17.4 Å². The van der Waals surface area contributed by atoms with Crippen LogP contribution in [-0.4, -0.2) is 10.9 Å². The molecule has 1 aromatic heterocycles. The molecule has 0 spiro atoms. The number of nitrogens with zero attached hydrogens (tertiary/aromatic N) is 1. The number of amides is 1. The zero-order valence-corrected chi connectivity index (χ0v) is 13.5. The van der Waals surface area contributed by atoms with Gasteiger partial charge >= 0.3 is 6.18 Å². The maximum atomic E-state index is 12.9. The van der Waals surface area contributed by atoms with E-state index in [-0.39, 0.29) is 12.1 Å². The number of aromatic nitrogens is 1. The molecule has 0 saturated heterocycles. The lowest BCUT2D eigenvalue weighted by Crippen LogP contribution is -2.15. The van der Waals surface area contributed by atoms with Crippen LogP contribution >= 0.6 is 11.6 Å². The van der Waals surface area contributed by atoms with Gasteiger partial charge in [-0.2, -0.15) is 13.2 Å². The number of benzene rings is 2. The fourth-order valence-corrected chi connectivity index (χ4v) is 2.73. The van der Waals surface area contributed by atoms with E-state index in [1.165, 1.54) is 6.07 Å². The van der Waals surface area contributed by atoms with E-state index in [4.69, 9.17) is 11.6 Å². The average molecular weight is 365 g/mol. The second-order valence-electron chi connectivity index (χ2n) is 5.41. The van der Waals surface area contributed by atoms with Crippen molar-refractivity contribution < 1.29 is 18.0 Å². The molecule has 0 aliphatic carbocycles. The van der Waals surface area contributed by atoms with Crippen LogP contribution in [0.15, 0.2) is 54.7 Å². The van der Waals surface area contributed by atoms with Gasteiger partial charge in [0.25, 0.3) is 0 Å². The van der Waals surface area contributed by atoms with Gasteiger partial charge in [0.2, 0.25) is 5.91 Å². The highest BCUT2D eigenvalue weighted by atomic mass is 35.5. The Morgan fingerprint density at radius 2 is 1.88 bits per heavy atom. The monoisotopic (exact) mass is 364 g/mol. The van der Waals surface area contributed by atoms with E-state index in [1.807, 2.05) is 12.1 Å². The van der Waals surface area contributed by atoms with Gasteiger partial charge in [-0.1, -0.05) is 35.9 Å². The van der Waals surface area contributed by atoms with Gasteiger partial charge in [-0.25, -0.2) is 0 Å². The minimum atomic E-state index is -4.59. The van der Waals surface area contributed by atoms with E-state index >= 15 is 0 Å². The molecular weight excluding hydrogens is 353 g/mol. The SMILES string of the molecule is O=C(Cc1cccc2cccnc12)Nc1ccc(Cl)c(C(F)(F)F)c1. The number of fused-ring (bicyclic) bond motifs is 1. The Morgan fingerprint density at radius 1 is 1.12 bits per heavy atom. The summed E-state index contributed by atoms with van der Waals surface area (Å²) in [5.74, 6) is -0.436. The molecule has 7 heteroatoms. The highest BCUT2D eigenvalue weighted by Crippen LogP contribution is 2.36. The van der Waals surface area contributed by atoms with Crippen LogP contribution in [0.5, 0.6) is 0 Å². The standard InChI is InChI=1S/C18H12ClF3N2O/c19-15-7-6-13(10-14(15)18(20,21)22)24-16(25)9-12-4-1-3-11-5-2-8-23-17(11)12/h1-8,10H,9H2,(H,24,25). The van der Waals surface area contributed by atoms with Crippen LogP contribution in [0.3, 0.4) is 0 Å². The summed E-state index contributed by atoms with van der Waals surface area (Å²) >= 11 is 5.57. The van der Waals surface area contributed by atoms with Crippen LogP contribution < -0.4 is 5.32 Å². The Morgan fingerprint density at radius 3 is 2.64 bits per heavy atom. The lowest BCUT2D eigenvalue weighted by molar-refractivity contribution is -0.137. The molecule has 0 unspecified atom stereocenters. The predicted octanol–water partition coefficient (Wildman–Crippen LogP) is 5.09. The third kappa shape index (κ3) is 3.91. The quantitative estimate of drug-likeness (QED) is 0.703. The highest BCUT2D eigenvalue weighted by molar-refractivity contribution is 6.31. The zero-order chi connectivity index (χ0) is 18.0. The molecule has 3 nitrogen and oxygen atoms in total. The number of pyridine rings is 1. The first-order valence-corrected chi connectivity index (χ1v) is 7.71. The summed E-state index contributed by atoms with van der Waals surface area (Å²) < 4.78 is 38.6. The number of para-hydroxylation sites is 1. The lowest BCUT2D eigenvalue weighted by Gasteiger charge is -2.12. The molecule has 3 aromatic rings. The molecule has 25 heavy (non-hydrogen) atoms. The molecule has 1 heterocycles. The molecule has 2 aromatic carbocycles. The van der Waals surface area contributed by atoms with Crippen LogP contribution in [0.2, 0.25) is 5.02 Å². The van der Waals surface area contributed by atoms with Crippen molar-refractivity contribution in [1.82, 2.24) is 4.98 Å². The van der Waals surface area contributed by atoms with Crippen LogP contribution in [0, 0.1) is 0 Å². The summed E-state index contributed by atoms with van der Waals surface area (Å²) in [4.78, 5) is 16.5. The van der Waals surface area contributed by atoms with Gasteiger partial charge in [0.1, 0.15) is 0 Å². The van der Waals surface area contributed by atoms with Crippen molar-refractivity contribution in [3.8, 4) is 0 Å². The average Bonchev–Trinajstić information content (AvgIpc) is 2.56. The van der Waals surface area contributed by atoms with Crippen LogP contribution in [0.25, 0.3) is 10.9 Å². The normalized spacial score (nSPS) is 11.5. The molecule has 1 amide bonds. The first-order chi connectivity index (χ1) is 11.8. The third-order valence-corrected chi connectivity index (χ3v) is 3.95. The van der Waals surface area contributed by atoms with Crippen molar-refractivity contribution in [2.75, 3.05) is 5.32 Å². The Kier molecular flexibility index (Phi) is 4.63. The number of rotatable bonds is 3. The van der Waals surface area contributed by atoms with Crippen LogP contribution in [0.1, 0.15) is 11.1 Å². The number of alkyl halides is 3. The minimum Gasteiger partial charge on any atom is -0.326 e. The van der Waals surface area contributed by atoms with Gasteiger partial charge in [0, 0.05) is 17.3 Å². The van der Waals surface area contributed by atoms with E-state index in [9.17, 15) is 18.0 Å². The molecule has 0 bridgehead atoms. The topological polar surface area (TPSA) is 42.0 Å². The lowest BCUT2D eigenvalue weighted by atomic mass is 10.1. The van der Waals surface area contributed by atoms with Crippen molar-refractivity contribution in [2.24, 2.45) is 0 Å². The van der Waals surface area contributed by atoms with E-state index in [0.717, 1.165) is 17.5 Å². The molecular formula is C18H12ClF3N2O. The van der Waals surface area contributed by atoms with Crippen LogP contribution in [0.4, 0.5) is 18.9 Å². The Labute approximate surface area is 146 Å². The van der Waals surface area contributed by atoms with Gasteiger partial charge in [-0.05, 0) is 29.8 Å². The molecule has 0 saturated carbocycles. The van der Waals surface area contributed by atoms with Crippen molar-refractivity contribution in [3.63, 3.8) is 0 Å². The predicted molar refractivity (Wildman–Crippen MR) is 90.5 cm³/mol. The van der Waals surface area contributed by atoms with Crippen molar-refractivity contribution in [2.45, 2.75) is 12.6 Å². The van der Waals surface area contributed by atoms with Gasteiger partial charge in [-0.15, -0.1) is 0 Å². The first kappa shape index (κ1) is 17.2. The van der Waals surface area contributed by atoms with E-state index in [2.05, 4.69) is 10.3 Å². The fourth-order valence-electron chi connectivity index (χ4n) is 2.51. The Bertz CT molecular complexity index is 936. The smallest absolute Gasteiger partial charge is 0.326 e. The molecule has 0 fully saturated rings. The number of carbonyl (C=O) groups excluding carboxylic acids is 1. The number of hydrogen-bond donors (Lipinski definition) is 1. The molecule has 0 atom stereocenters. The van der Waals surface area contributed by atoms with Crippen molar-refractivity contribution in [3.05, 3.63) is 70.9 Å². The highest BCUT2D eigenvalue weighted by Gasteiger charge is 2.33. The summed E-state index contributed by atoms with van der Waals surface area (Å²) in [6, 6.07) is 12.4. The Balaban J connectivity index is 1.81. The van der Waals surface area contributed by atoms with Gasteiger partial charge in [-0.3, -0.25) is 9.78 Å². The maximum absolute atomic E-state index is 12.9. The molecule has 0 radical (unpaired) electrons. The summed E-state index contributed by atoms with van der Waals surface area (Å²) in [6.07, 6.45) is -2.96. The number of halogens is 4. The largest absolute Gasteiger partial charge is 0.417 e. The molecule has 3 rings (SSSR count). The molecule has 0 aliphatic heterocycles. The fraction of sp³-hybridized carbons (Fsp3) is 0.111. The van der Waals surface area contributed by atoms with Crippen molar-refractivity contribution in [1.29, 1.82) is 0 Å². The number of anilines is 1. The summed E-state index contributed by atoms with van der Waals surface area (Å²) in [6.45, 7) is 0. The van der Waals surface area contributed by atoms with Gasteiger partial charge in [0.05, 0.1) is 22.5 Å². The summed E-state index contributed by atoms with van der Waals surface area (Å²) in [5, 5.41) is 2.94. The number of hydrogen-bond acceptors (Lipinski definition) is 2. The minimum absolute atomic E-state index is 0.00166. The third-order valence-electron chi connectivity index (χ3n) is 3.62. The number of nitrogens with one attached hydrogen (secondary N) is 1. The number of carbonyl (C=O) groups is 1. The van der Waals surface area contributed by atoms with Gasteiger partial charge < -0.3 is 5.32 Å². The van der Waals surface area contributed by atoms with E-state index < -0.39 is 22.7 Å². The molecule has 1 N–H and O–H groups in total. The summed E-state index contributed by atoms with van der Waals surface area (Å²) in [7, 11) is 0. The van der Waals surface area contributed by atoms with E-state index in [0.29, 0.717) is 11.1 Å². The molecule has 128 valence electrons. The Hall–Kier alpha value is -2.60. The van der Waals surface area contributed by atoms with Crippen molar-refractivity contribution >= 4 is 34.1 Å². The van der Waals surface area contributed by atoms with E-state index in [1.54, 1.807) is 24.4 Å². The summed E-state index contributed by atoms with van der Waals surface area (Å²) in [5.41, 5.74) is 0.432. The molecule has 0 aliphatic rings. The second kappa shape index (κ2) is 6.72. The van der Waals surface area contributed by atoms with Gasteiger partial charge in [0.15, 0.2) is 0 Å².